The van der Waals surface area contributed by atoms with E-state index < -0.39 is 18.0 Å². The summed E-state index contributed by atoms with van der Waals surface area (Å²) in [6.45, 7) is 2.80. The number of hydrogen-bond acceptors (Lipinski definition) is 4. The lowest BCUT2D eigenvalue weighted by Crippen LogP contribution is -2.30. The minimum absolute atomic E-state index is 0.0839. The number of nitrogens with one attached hydrogen (secondary N) is 2. The Labute approximate surface area is 148 Å². The number of ether oxygens (including phenoxy) is 1. The molecule has 6 nitrogen and oxygen atoms in total. The van der Waals surface area contributed by atoms with E-state index in [4.69, 9.17) is 27.9 Å². The Morgan fingerprint density at radius 2 is 1.92 bits per heavy atom. The van der Waals surface area contributed by atoms with Gasteiger partial charge in [0.1, 0.15) is 5.69 Å². The molecule has 0 aliphatic carbocycles. The lowest BCUT2D eigenvalue weighted by molar-refractivity contribution is -0.123. The molecule has 0 radical (unpaired) electrons. The molecule has 2 N–H and O–H groups in total. The predicted octanol–water partition coefficient (Wildman–Crippen LogP) is 3.71. The molecule has 1 atom stereocenters. The average Bonchev–Trinajstić information content (AvgIpc) is 3.01. The first-order valence-electron chi connectivity index (χ1n) is 6.94. The van der Waals surface area contributed by atoms with Gasteiger partial charge in [0.05, 0.1) is 10.7 Å². The number of carbonyl (C=O) groups excluding carboxylic acids is 3. The zero-order valence-electron chi connectivity index (χ0n) is 12.9. The first-order valence-corrected chi connectivity index (χ1v) is 7.69. The Morgan fingerprint density at radius 3 is 2.54 bits per heavy atom. The molecule has 8 heteroatoms. The lowest BCUT2D eigenvalue weighted by Gasteiger charge is -2.14. The highest BCUT2D eigenvalue weighted by atomic mass is 35.5. The van der Waals surface area contributed by atoms with Crippen LogP contribution in [0.5, 0.6) is 0 Å². The highest BCUT2D eigenvalue weighted by molar-refractivity contribution is 6.35. The van der Waals surface area contributed by atoms with Gasteiger partial charge in [-0.05, 0) is 38.1 Å². The summed E-state index contributed by atoms with van der Waals surface area (Å²) in [6.07, 6.45) is 0.326. The van der Waals surface area contributed by atoms with Gasteiger partial charge in [-0.15, -0.1) is 0 Å². The van der Waals surface area contributed by atoms with Crippen molar-refractivity contribution in [1.29, 1.82) is 0 Å². The third kappa shape index (κ3) is 4.37. The molecule has 0 unspecified atom stereocenters. The van der Waals surface area contributed by atoms with E-state index in [1.165, 1.54) is 32.2 Å². The molecule has 1 aromatic heterocycles. The molecule has 1 heterocycles. The van der Waals surface area contributed by atoms with Gasteiger partial charge in [-0.3, -0.25) is 9.59 Å². The van der Waals surface area contributed by atoms with Crippen LogP contribution in [0, 0.1) is 0 Å². The number of carbonyl (C=O) groups is 3. The summed E-state index contributed by atoms with van der Waals surface area (Å²) < 4.78 is 5.06. The zero-order valence-corrected chi connectivity index (χ0v) is 14.4. The number of anilines is 1. The summed E-state index contributed by atoms with van der Waals surface area (Å²) in [6, 6.07) is 5.98. The molecule has 126 valence electrons. The van der Waals surface area contributed by atoms with Gasteiger partial charge < -0.3 is 15.0 Å². The highest BCUT2D eigenvalue weighted by Gasteiger charge is 2.21. The molecule has 0 fully saturated rings. The van der Waals surface area contributed by atoms with Crippen molar-refractivity contribution in [2.75, 3.05) is 5.32 Å². The number of rotatable bonds is 5. The van der Waals surface area contributed by atoms with Crippen LogP contribution in [-0.4, -0.2) is 28.7 Å². The second-order valence-electron chi connectivity index (χ2n) is 5.02. The van der Waals surface area contributed by atoms with Crippen molar-refractivity contribution in [2.24, 2.45) is 0 Å². The Morgan fingerprint density at radius 1 is 1.21 bits per heavy atom. The van der Waals surface area contributed by atoms with Gasteiger partial charge in [0.2, 0.25) is 0 Å². The summed E-state index contributed by atoms with van der Waals surface area (Å²) in [5, 5.41) is 3.25. The Hall–Kier alpha value is -2.31. The number of halogens is 2. The van der Waals surface area contributed by atoms with Crippen molar-refractivity contribution in [3.8, 4) is 0 Å². The van der Waals surface area contributed by atoms with Crippen molar-refractivity contribution >= 4 is 46.5 Å². The van der Waals surface area contributed by atoms with Crippen molar-refractivity contribution in [3.63, 3.8) is 0 Å². The Kier molecular flexibility index (Phi) is 5.64. The highest BCUT2D eigenvalue weighted by Crippen LogP contribution is 2.25. The fourth-order valence-corrected chi connectivity index (χ4v) is 2.16. The third-order valence-corrected chi connectivity index (χ3v) is 3.71. The van der Waals surface area contributed by atoms with E-state index in [9.17, 15) is 14.4 Å². The maximum absolute atomic E-state index is 12.1. The van der Waals surface area contributed by atoms with Crippen LogP contribution in [0.2, 0.25) is 10.0 Å². The minimum Gasteiger partial charge on any atom is -0.448 e. The largest absolute Gasteiger partial charge is 0.448 e. The first-order chi connectivity index (χ1) is 11.3. The maximum atomic E-state index is 12.1. The van der Waals surface area contributed by atoms with E-state index in [0.717, 1.165) is 0 Å². The second-order valence-corrected chi connectivity index (χ2v) is 5.86. The van der Waals surface area contributed by atoms with Gasteiger partial charge in [0.25, 0.3) is 5.91 Å². The number of amides is 1. The Balaban J connectivity index is 2.01. The summed E-state index contributed by atoms with van der Waals surface area (Å²) in [5.74, 6) is -1.50. The first kappa shape index (κ1) is 18.0. The molecule has 1 amide bonds. The van der Waals surface area contributed by atoms with E-state index >= 15 is 0 Å². The smallest absolute Gasteiger partial charge is 0.355 e. The summed E-state index contributed by atoms with van der Waals surface area (Å²) in [5.41, 5.74) is 0.751. The monoisotopic (exact) mass is 368 g/mol. The number of H-pyrrole nitrogens is 1. The molecule has 0 spiro atoms. The van der Waals surface area contributed by atoms with Crippen LogP contribution < -0.4 is 5.32 Å². The number of aromatic amines is 1. The van der Waals surface area contributed by atoms with Gasteiger partial charge in [0.15, 0.2) is 11.9 Å². The Bertz CT molecular complexity index is 801. The van der Waals surface area contributed by atoms with Crippen molar-refractivity contribution in [2.45, 2.75) is 20.0 Å². The minimum atomic E-state index is -1.07. The predicted molar refractivity (Wildman–Crippen MR) is 90.8 cm³/mol. The molecule has 0 saturated heterocycles. The number of benzene rings is 1. The van der Waals surface area contributed by atoms with Crippen LogP contribution in [0.1, 0.15) is 34.7 Å². The standard InChI is InChI=1S/C16H14Cl2N2O4/c1-8(21)10-5-14(19-7-10)16(23)24-9(2)15(22)20-13-6-11(17)3-4-12(13)18/h3-7,9,19H,1-2H3,(H,20,22)/t9-/m1/s1. The number of esters is 1. The third-order valence-electron chi connectivity index (χ3n) is 3.15. The number of ketones is 1. The van der Waals surface area contributed by atoms with Crippen LogP contribution in [0.4, 0.5) is 5.69 Å². The maximum Gasteiger partial charge on any atom is 0.355 e. The van der Waals surface area contributed by atoms with E-state index in [-0.39, 0.29) is 11.5 Å². The molecule has 0 aliphatic heterocycles. The van der Waals surface area contributed by atoms with Crippen LogP contribution in [0.25, 0.3) is 0 Å². The molecule has 24 heavy (non-hydrogen) atoms. The number of Topliss-reactive ketones (excluding diaryl/α,β-unsaturated/α-hetero) is 1. The molecular formula is C16H14Cl2N2O4. The van der Waals surface area contributed by atoms with Gasteiger partial charge in [0, 0.05) is 16.8 Å². The number of aromatic nitrogens is 1. The topological polar surface area (TPSA) is 88.3 Å². The van der Waals surface area contributed by atoms with E-state index in [1.807, 2.05) is 0 Å². The molecule has 0 bridgehead atoms. The van der Waals surface area contributed by atoms with Crippen LogP contribution in [-0.2, 0) is 9.53 Å². The summed E-state index contributed by atoms with van der Waals surface area (Å²) >= 11 is 11.8. The molecule has 1 aromatic carbocycles. The molecule has 0 aliphatic rings. The molecule has 2 aromatic rings. The SMILES string of the molecule is CC(=O)c1c[nH]c(C(=O)O[C@H](C)C(=O)Nc2cc(Cl)ccc2Cl)c1. The molecule has 0 saturated carbocycles. The fraction of sp³-hybridized carbons (Fsp3) is 0.188. The van der Waals surface area contributed by atoms with E-state index in [2.05, 4.69) is 10.3 Å². The quantitative estimate of drug-likeness (QED) is 0.621. The van der Waals surface area contributed by atoms with Crippen LogP contribution in [0.15, 0.2) is 30.5 Å². The molecule has 2 rings (SSSR count). The fourth-order valence-electron chi connectivity index (χ4n) is 1.82. The zero-order chi connectivity index (χ0) is 17.9. The van der Waals surface area contributed by atoms with Crippen LogP contribution >= 0.6 is 23.2 Å². The molecular weight excluding hydrogens is 355 g/mol. The number of hydrogen-bond donors (Lipinski definition) is 2. The van der Waals surface area contributed by atoms with E-state index in [1.54, 1.807) is 12.1 Å². The van der Waals surface area contributed by atoms with Gasteiger partial charge in [-0.1, -0.05) is 23.2 Å². The van der Waals surface area contributed by atoms with Crippen LogP contribution in [0.3, 0.4) is 0 Å². The van der Waals surface area contributed by atoms with E-state index in [0.29, 0.717) is 21.3 Å². The van der Waals surface area contributed by atoms with Gasteiger partial charge in [-0.2, -0.15) is 0 Å². The lowest BCUT2D eigenvalue weighted by atomic mass is 10.2. The summed E-state index contributed by atoms with van der Waals surface area (Å²) in [4.78, 5) is 37.9. The average molecular weight is 369 g/mol. The van der Waals surface area contributed by atoms with Gasteiger partial charge in [-0.25, -0.2) is 4.79 Å². The second kappa shape index (κ2) is 7.51. The normalized spacial score (nSPS) is 11.7. The van der Waals surface area contributed by atoms with Crippen molar-refractivity contribution < 1.29 is 19.1 Å². The summed E-state index contributed by atoms with van der Waals surface area (Å²) in [7, 11) is 0. The van der Waals surface area contributed by atoms with Gasteiger partial charge >= 0.3 is 5.97 Å². The van der Waals surface area contributed by atoms with Crippen molar-refractivity contribution in [1.82, 2.24) is 4.98 Å². The van der Waals surface area contributed by atoms with Crippen molar-refractivity contribution in [3.05, 3.63) is 51.8 Å².